The zero-order chi connectivity index (χ0) is 20.1. The molecule has 0 bridgehead atoms. The number of nitrogens with two attached hydrogens (primary N) is 1. The van der Waals surface area contributed by atoms with E-state index in [1.54, 1.807) is 10.9 Å². The smallest absolute Gasteiger partial charge is 0.320 e. The normalized spacial score (nSPS) is 13.7. The molecule has 0 fully saturated rings. The topological polar surface area (TPSA) is 141 Å². The highest BCUT2D eigenvalue weighted by Crippen LogP contribution is 2.23. The second kappa shape index (κ2) is 8.40. The second-order valence-corrected chi connectivity index (χ2v) is 8.51. The summed E-state index contributed by atoms with van der Waals surface area (Å²) in [4.78, 5) is 10.6. The average Bonchev–Trinajstić information content (AvgIpc) is 3.12. The molecule has 1 aromatic carbocycles. The number of carbonyl (C=O) groups is 1. The third kappa shape index (κ3) is 5.97. The van der Waals surface area contributed by atoms with Crippen LogP contribution in [0.1, 0.15) is 26.7 Å². The van der Waals surface area contributed by atoms with E-state index in [9.17, 15) is 13.2 Å². The van der Waals surface area contributed by atoms with Gasteiger partial charge in [-0.15, -0.1) is 5.10 Å². The van der Waals surface area contributed by atoms with Crippen LogP contribution in [0.25, 0.3) is 11.3 Å². The van der Waals surface area contributed by atoms with E-state index >= 15 is 0 Å². The molecular weight excluding hydrogens is 370 g/mol. The number of benzene rings is 1. The highest BCUT2D eigenvalue weighted by molar-refractivity contribution is 7.90. The Morgan fingerprint density at radius 1 is 1.37 bits per heavy atom. The Hall–Kier alpha value is -2.59. The predicted molar refractivity (Wildman–Crippen MR) is 102 cm³/mol. The van der Waals surface area contributed by atoms with Crippen molar-refractivity contribution in [3.05, 3.63) is 36.5 Å². The summed E-state index contributed by atoms with van der Waals surface area (Å²) in [5, 5.41) is 16.9. The number of nitrogens with zero attached hydrogens (tertiary/aromatic N) is 4. The van der Waals surface area contributed by atoms with Crippen molar-refractivity contribution < 1.29 is 18.3 Å². The van der Waals surface area contributed by atoms with Crippen molar-refractivity contribution in [2.45, 2.75) is 38.3 Å². The van der Waals surface area contributed by atoms with Crippen molar-refractivity contribution >= 4 is 22.2 Å². The molecule has 0 radical (unpaired) electrons. The molecule has 2 aromatic rings. The Bertz CT molecular complexity index is 906. The number of sulfonamides is 1. The first-order chi connectivity index (χ1) is 12.6. The van der Waals surface area contributed by atoms with Crippen molar-refractivity contribution in [3.8, 4) is 11.3 Å². The van der Waals surface area contributed by atoms with Crippen LogP contribution in [0, 0.1) is 0 Å². The molecule has 1 atom stereocenters. The second-order valence-electron chi connectivity index (χ2n) is 6.73. The SMILES string of the molecule is CC(C)(CCS(=O)(=O)N=CC[C@H](N)C(=O)O)n1cc(-c2ccccc2)nn1. The van der Waals surface area contributed by atoms with Crippen molar-refractivity contribution in [1.82, 2.24) is 15.0 Å². The third-order valence-corrected chi connectivity index (χ3v) is 5.26. The van der Waals surface area contributed by atoms with E-state index in [4.69, 9.17) is 10.8 Å². The maximum atomic E-state index is 12.1. The molecule has 0 spiro atoms. The number of hydrogen-bond acceptors (Lipinski definition) is 6. The molecule has 0 unspecified atom stereocenters. The Balaban J connectivity index is 2.01. The molecule has 146 valence electrons. The van der Waals surface area contributed by atoms with Gasteiger partial charge in [-0.3, -0.25) is 4.79 Å². The van der Waals surface area contributed by atoms with Crippen molar-refractivity contribution in [2.24, 2.45) is 10.1 Å². The number of rotatable bonds is 9. The molecule has 3 N–H and O–H groups in total. The van der Waals surface area contributed by atoms with Gasteiger partial charge in [-0.05, 0) is 20.3 Å². The summed E-state index contributed by atoms with van der Waals surface area (Å²) >= 11 is 0. The van der Waals surface area contributed by atoms with E-state index in [0.717, 1.165) is 11.8 Å². The van der Waals surface area contributed by atoms with Gasteiger partial charge in [0.1, 0.15) is 11.7 Å². The van der Waals surface area contributed by atoms with Gasteiger partial charge in [-0.2, -0.15) is 4.40 Å². The minimum atomic E-state index is -3.73. The summed E-state index contributed by atoms with van der Waals surface area (Å²) in [5.74, 6) is -1.42. The largest absolute Gasteiger partial charge is 0.480 e. The van der Waals surface area contributed by atoms with Crippen LogP contribution < -0.4 is 5.73 Å². The Labute approximate surface area is 158 Å². The third-order valence-electron chi connectivity index (χ3n) is 4.07. The minimum absolute atomic E-state index is 0.151. The van der Waals surface area contributed by atoms with E-state index < -0.39 is 27.6 Å². The van der Waals surface area contributed by atoms with Gasteiger partial charge in [0.2, 0.25) is 0 Å². The van der Waals surface area contributed by atoms with Gasteiger partial charge in [0.25, 0.3) is 10.0 Å². The summed E-state index contributed by atoms with van der Waals surface area (Å²) in [6, 6.07) is 8.38. The van der Waals surface area contributed by atoms with Crippen LogP contribution in [0.4, 0.5) is 0 Å². The summed E-state index contributed by atoms with van der Waals surface area (Å²) < 4.78 is 29.2. The summed E-state index contributed by atoms with van der Waals surface area (Å²) in [6.45, 7) is 3.71. The van der Waals surface area contributed by atoms with Crippen molar-refractivity contribution in [1.29, 1.82) is 0 Å². The van der Waals surface area contributed by atoms with Crippen LogP contribution in [-0.2, 0) is 20.4 Å². The number of aliphatic carboxylic acids is 1. The fourth-order valence-corrected chi connectivity index (χ4v) is 3.39. The van der Waals surface area contributed by atoms with Crippen LogP contribution in [-0.4, -0.2) is 52.5 Å². The average molecular weight is 393 g/mol. The van der Waals surface area contributed by atoms with Crippen LogP contribution in [0.15, 0.2) is 40.9 Å². The zero-order valence-corrected chi connectivity index (χ0v) is 16.0. The first kappa shape index (κ1) is 20.7. The van der Waals surface area contributed by atoms with Gasteiger partial charge in [0, 0.05) is 18.2 Å². The van der Waals surface area contributed by atoms with Gasteiger partial charge in [-0.1, -0.05) is 35.5 Å². The first-order valence-corrected chi connectivity index (χ1v) is 9.95. The monoisotopic (exact) mass is 393 g/mol. The van der Waals surface area contributed by atoms with Crippen LogP contribution in [0.3, 0.4) is 0 Å². The highest BCUT2D eigenvalue weighted by Gasteiger charge is 2.25. The van der Waals surface area contributed by atoms with E-state index in [2.05, 4.69) is 14.7 Å². The lowest BCUT2D eigenvalue weighted by molar-refractivity contribution is -0.138. The van der Waals surface area contributed by atoms with Crippen LogP contribution >= 0.6 is 0 Å². The van der Waals surface area contributed by atoms with Gasteiger partial charge >= 0.3 is 5.97 Å². The predicted octanol–water partition coefficient (Wildman–Crippen LogP) is 1.27. The van der Waals surface area contributed by atoms with Gasteiger partial charge < -0.3 is 10.8 Å². The Morgan fingerprint density at radius 3 is 2.67 bits per heavy atom. The molecule has 1 aromatic heterocycles. The molecule has 0 amide bonds. The van der Waals surface area contributed by atoms with Gasteiger partial charge in [-0.25, -0.2) is 13.1 Å². The number of carboxylic acid groups (broad SMARTS) is 1. The Morgan fingerprint density at radius 2 is 2.04 bits per heavy atom. The standard InChI is InChI=1S/C17H23N5O4S/c1-17(2,9-11-27(25,26)19-10-8-14(18)16(23)24)22-12-15(20-21-22)13-6-4-3-5-7-13/h3-7,10,12,14H,8-9,11,18H2,1-2H3,(H,23,24)/t14-/m0/s1. The molecule has 0 aliphatic heterocycles. The Kier molecular flexibility index (Phi) is 6.45. The lowest BCUT2D eigenvalue weighted by Gasteiger charge is -2.23. The molecule has 0 aliphatic rings. The molecular formula is C17H23N5O4S. The van der Waals surface area contributed by atoms with E-state index in [1.165, 1.54) is 0 Å². The molecule has 0 saturated heterocycles. The van der Waals surface area contributed by atoms with E-state index in [-0.39, 0.29) is 18.6 Å². The molecule has 27 heavy (non-hydrogen) atoms. The molecule has 1 heterocycles. The van der Waals surface area contributed by atoms with Crippen LogP contribution in [0.5, 0.6) is 0 Å². The summed E-state index contributed by atoms with van der Waals surface area (Å²) in [6.07, 6.45) is 2.91. The fraction of sp³-hybridized carbons (Fsp3) is 0.412. The van der Waals surface area contributed by atoms with E-state index in [1.807, 2.05) is 44.2 Å². The number of hydrogen-bond donors (Lipinski definition) is 2. The molecule has 10 heteroatoms. The van der Waals surface area contributed by atoms with E-state index in [0.29, 0.717) is 5.69 Å². The molecule has 2 rings (SSSR count). The summed E-state index contributed by atoms with van der Waals surface area (Å²) in [5.41, 5.74) is 6.34. The molecule has 0 aliphatic carbocycles. The fourth-order valence-electron chi connectivity index (χ4n) is 2.22. The van der Waals surface area contributed by atoms with Gasteiger partial charge in [0.15, 0.2) is 0 Å². The maximum Gasteiger partial charge on any atom is 0.320 e. The number of carboxylic acids is 1. The van der Waals surface area contributed by atoms with Crippen molar-refractivity contribution in [3.63, 3.8) is 0 Å². The lowest BCUT2D eigenvalue weighted by Crippen LogP contribution is -2.30. The minimum Gasteiger partial charge on any atom is -0.480 e. The maximum absolute atomic E-state index is 12.1. The first-order valence-electron chi connectivity index (χ1n) is 8.34. The zero-order valence-electron chi connectivity index (χ0n) is 15.2. The van der Waals surface area contributed by atoms with Crippen LogP contribution in [0.2, 0.25) is 0 Å². The highest BCUT2D eigenvalue weighted by atomic mass is 32.2. The quantitative estimate of drug-likeness (QED) is 0.611. The number of aromatic nitrogens is 3. The lowest BCUT2D eigenvalue weighted by atomic mass is 10.0. The van der Waals surface area contributed by atoms with Gasteiger partial charge in [0.05, 0.1) is 17.5 Å². The molecule has 0 saturated carbocycles. The van der Waals surface area contributed by atoms with Crippen molar-refractivity contribution in [2.75, 3.05) is 5.75 Å². The molecule has 9 nitrogen and oxygen atoms in total. The summed E-state index contributed by atoms with van der Waals surface area (Å²) in [7, 11) is -3.73.